The van der Waals surface area contributed by atoms with E-state index < -0.39 is 0 Å². The normalized spacial score (nSPS) is 31.7. The highest BCUT2D eigenvalue weighted by Gasteiger charge is 2.25. The number of piperazine rings is 1. The lowest BCUT2D eigenvalue weighted by atomic mass is 9.98. The third-order valence-electron chi connectivity index (χ3n) is 4.63. The topological polar surface area (TPSA) is 53.8 Å². The van der Waals surface area contributed by atoms with Crippen LogP contribution in [0.15, 0.2) is 0 Å². The highest BCUT2D eigenvalue weighted by atomic mass is 16.5. The second kappa shape index (κ2) is 7.55. The smallest absolute Gasteiger partial charge is 0.0576 e. The van der Waals surface area contributed by atoms with Crippen LogP contribution in [0.3, 0.4) is 0 Å². The summed E-state index contributed by atoms with van der Waals surface area (Å²) in [5.74, 6) is 5.73. The second-order valence-corrected chi connectivity index (χ2v) is 6.21. The van der Waals surface area contributed by atoms with Crippen LogP contribution in [0.5, 0.6) is 0 Å². The summed E-state index contributed by atoms with van der Waals surface area (Å²) >= 11 is 0. The zero-order valence-corrected chi connectivity index (χ0v) is 12.5. The van der Waals surface area contributed by atoms with Gasteiger partial charge in [0.15, 0.2) is 0 Å². The van der Waals surface area contributed by atoms with E-state index in [-0.39, 0.29) is 0 Å². The molecule has 0 saturated carbocycles. The van der Waals surface area contributed by atoms with Gasteiger partial charge in [-0.15, -0.1) is 0 Å². The molecule has 2 aliphatic rings. The van der Waals surface area contributed by atoms with Crippen LogP contribution in [0.2, 0.25) is 0 Å². The molecule has 0 spiro atoms. The lowest BCUT2D eigenvalue weighted by Crippen LogP contribution is -2.52. The van der Waals surface area contributed by atoms with E-state index in [0.29, 0.717) is 18.2 Å². The van der Waals surface area contributed by atoms with Crippen molar-refractivity contribution >= 4 is 0 Å². The van der Waals surface area contributed by atoms with Crippen molar-refractivity contribution in [3.63, 3.8) is 0 Å². The quantitative estimate of drug-likeness (QED) is 0.541. The fraction of sp³-hybridized carbons (Fsp3) is 1.00. The van der Waals surface area contributed by atoms with E-state index in [9.17, 15) is 0 Å². The van der Waals surface area contributed by atoms with Gasteiger partial charge in [0.25, 0.3) is 0 Å². The first-order chi connectivity index (χ1) is 9.19. The molecular formula is C14H30N4O. The molecule has 2 aliphatic heterocycles. The SMILES string of the molecule is CN1CCN(C)C(CC(CCC2CCCO2)NN)C1. The Hall–Kier alpha value is -0.200. The Morgan fingerprint density at radius 1 is 1.37 bits per heavy atom. The van der Waals surface area contributed by atoms with Gasteiger partial charge in [-0.25, -0.2) is 0 Å². The molecule has 3 N–H and O–H groups in total. The Kier molecular flexibility index (Phi) is 6.04. The fourth-order valence-electron chi connectivity index (χ4n) is 3.21. The average molecular weight is 270 g/mol. The van der Waals surface area contributed by atoms with Crippen LogP contribution >= 0.6 is 0 Å². The van der Waals surface area contributed by atoms with Gasteiger partial charge in [-0.05, 0) is 46.2 Å². The molecule has 2 fully saturated rings. The van der Waals surface area contributed by atoms with Gasteiger partial charge in [-0.2, -0.15) is 0 Å². The van der Waals surface area contributed by atoms with Gasteiger partial charge >= 0.3 is 0 Å². The number of rotatable bonds is 6. The Bertz CT molecular complexity index is 258. The van der Waals surface area contributed by atoms with Gasteiger partial charge in [-0.1, -0.05) is 0 Å². The number of nitrogens with one attached hydrogen (secondary N) is 1. The zero-order valence-electron chi connectivity index (χ0n) is 12.5. The molecule has 19 heavy (non-hydrogen) atoms. The van der Waals surface area contributed by atoms with Crippen molar-refractivity contribution in [1.82, 2.24) is 15.2 Å². The first-order valence-electron chi connectivity index (χ1n) is 7.65. The summed E-state index contributed by atoms with van der Waals surface area (Å²) in [5.41, 5.74) is 3.01. The van der Waals surface area contributed by atoms with Crippen LogP contribution in [0, 0.1) is 0 Å². The van der Waals surface area contributed by atoms with Gasteiger partial charge in [-0.3, -0.25) is 11.3 Å². The summed E-state index contributed by atoms with van der Waals surface area (Å²) in [6, 6.07) is 1.02. The summed E-state index contributed by atoms with van der Waals surface area (Å²) in [7, 11) is 4.43. The maximum Gasteiger partial charge on any atom is 0.0576 e. The molecule has 2 rings (SSSR count). The highest BCUT2D eigenvalue weighted by Crippen LogP contribution is 2.20. The summed E-state index contributed by atoms with van der Waals surface area (Å²) in [6.07, 6.45) is 6.31. The van der Waals surface area contributed by atoms with Gasteiger partial charge in [0.2, 0.25) is 0 Å². The summed E-state index contributed by atoms with van der Waals surface area (Å²) in [5, 5.41) is 0. The third kappa shape index (κ3) is 4.68. The number of nitrogens with zero attached hydrogens (tertiary/aromatic N) is 2. The molecule has 2 saturated heterocycles. The van der Waals surface area contributed by atoms with E-state index in [1.807, 2.05) is 0 Å². The number of hydrazine groups is 1. The largest absolute Gasteiger partial charge is 0.378 e. The number of hydrogen-bond donors (Lipinski definition) is 2. The maximum atomic E-state index is 5.73. The molecule has 0 aromatic heterocycles. The lowest BCUT2D eigenvalue weighted by molar-refractivity contribution is 0.0866. The first kappa shape index (κ1) is 15.2. The monoisotopic (exact) mass is 270 g/mol. The molecule has 3 atom stereocenters. The van der Waals surface area contributed by atoms with E-state index in [2.05, 4.69) is 29.3 Å². The molecular weight excluding hydrogens is 240 g/mol. The molecule has 0 radical (unpaired) electrons. The first-order valence-corrected chi connectivity index (χ1v) is 7.65. The van der Waals surface area contributed by atoms with Crippen molar-refractivity contribution in [2.24, 2.45) is 5.84 Å². The Balaban J connectivity index is 1.73. The lowest BCUT2D eigenvalue weighted by Gasteiger charge is -2.39. The summed E-state index contributed by atoms with van der Waals surface area (Å²) in [4.78, 5) is 4.88. The highest BCUT2D eigenvalue weighted by molar-refractivity contribution is 4.83. The Labute approximate surface area is 117 Å². The van der Waals surface area contributed by atoms with E-state index in [4.69, 9.17) is 10.6 Å². The molecule has 0 aromatic rings. The molecule has 0 bridgehead atoms. The van der Waals surface area contributed by atoms with E-state index in [1.165, 1.54) is 19.4 Å². The van der Waals surface area contributed by atoms with Crippen molar-refractivity contribution in [1.29, 1.82) is 0 Å². The van der Waals surface area contributed by atoms with Crippen LogP contribution in [-0.4, -0.2) is 68.3 Å². The predicted octanol–water partition coefficient (Wildman–Crippen LogP) is 0.413. The van der Waals surface area contributed by atoms with Crippen molar-refractivity contribution in [2.45, 2.75) is 50.3 Å². The van der Waals surface area contributed by atoms with E-state index in [0.717, 1.165) is 39.0 Å². The number of hydrogen-bond acceptors (Lipinski definition) is 5. The standard InChI is InChI=1S/C14H30N4O/c1-17-7-8-18(2)13(11-17)10-12(16-15)5-6-14-4-3-9-19-14/h12-14,16H,3-11,15H2,1-2H3. The third-order valence-corrected chi connectivity index (χ3v) is 4.63. The fourth-order valence-corrected chi connectivity index (χ4v) is 3.21. The molecule has 0 aliphatic carbocycles. The number of likely N-dealkylation sites (N-methyl/N-ethyl adjacent to an activating group) is 2. The van der Waals surface area contributed by atoms with Crippen molar-refractivity contribution in [2.75, 3.05) is 40.3 Å². The Morgan fingerprint density at radius 3 is 2.89 bits per heavy atom. The van der Waals surface area contributed by atoms with Gasteiger partial charge in [0.1, 0.15) is 0 Å². The van der Waals surface area contributed by atoms with E-state index >= 15 is 0 Å². The van der Waals surface area contributed by atoms with Gasteiger partial charge in [0, 0.05) is 38.3 Å². The van der Waals surface area contributed by atoms with Crippen LogP contribution in [0.1, 0.15) is 32.1 Å². The van der Waals surface area contributed by atoms with Crippen LogP contribution < -0.4 is 11.3 Å². The molecule has 3 unspecified atom stereocenters. The molecule has 0 aromatic carbocycles. The van der Waals surface area contributed by atoms with Crippen molar-refractivity contribution in [3.8, 4) is 0 Å². The van der Waals surface area contributed by atoms with Gasteiger partial charge < -0.3 is 14.5 Å². The minimum absolute atomic E-state index is 0.406. The molecule has 0 amide bonds. The number of ether oxygens (including phenoxy) is 1. The minimum Gasteiger partial charge on any atom is -0.378 e. The predicted molar refractivity (Wildman–Crippen MR) is 77.9 cm³/mol. The second-order valence-electron chi connectivity index (χ2n) is 6.21. The van der Waals surface area contributed by atoms with Crippen molar-refractivity contribution < 1.29 is 4.74 Å². The average Bonchev–Trinajstić information content (AvgIpc) is 2.91. The zero-order chi connectivity index (χ0) is 13.7. The van der Waals surface area contributed by atoms with E-state index in [1.54, 1.807) is 0 Å². The van der Waals surface area contributed by atoms with Crippen LogP contribution in [0.4, 0.5) is 0 Å². The van der Waals surface area contributed by atoms with Crippen LogP contribution in [-0.2, 0) is 4.74 Å². The molecule has 112 valence electrons. The van der Waals surface area contributed by atoms with Crippen LogP contribution in [0.25, 0.3) is 0 Å². The van der Waals surface area contributed by atoms with Crippen molar-refractivity contribution in [3.05, 3.63) is 0 Å². The molecule has 2 heterocycles. The molecule has 5 nitrogen and oxygen atoms in total. The minimum atomic E-state index is 0.406. The number of nitrogens with two attached hydrogens (primary N) is 1. The maximum absolute atomic E-state index is 5.73. The van der Waals surface area contributed by atoms with Gasteiger partial charge in [0.05, 0.1) is 6.10 Å². The summed E-state index contributed by atoms with van der Waals surface area (Å²) < 4.78 is 5.69. The Morgan fingerprint density at radius 2 is 2.21 bits per heavy atom. The summed E-state index contributed by atoms with van der Waals surface area (Å²) in [6.45, 7) is 4.42. The molecule has 5 heteroatoms.